The van der Waals surface area contributed by atoms with Crippen LogP contribution in [0.15, 0.2) is 114 Å². The van der Waals surface area contributed by atoms with Gasteiger partial charge in [0.25, 0.3) is 0 Å². The topological polar surface area (TPSA) is 72.5 Å². The van der Waals surface area contributed by atoms with Crippen molar-refractivity contribution in [1.29, 1.82) is 0 Å². The first-order valence-electron chi connectivity index (χ1n) is 17.1. The predicted octanol–water partition coefficient (Wildman–Crippen LogP) is 9.24. The Bertz CT molecular complexity index is 1630. The minimum atomic E-state index is -2.41. The molecule has 0 radical (unpaired) electrons. The fourth-order valence-corrected chi connectivity index (χ4v) is 7.80. The normalized spacial score (nSPS) is 21.1. The van der Waals surface area contributed by atoms with Crippen LogP contribution in [0.25, 0.3) is 0 Å². The van der Waals surface area contributed by atoms with Crippen molar-refractivity contribution in [3.05, 3.63) is 131 Å². The second-order valence-corrected chi connectivity index (χ2v) is 20.1. The molecule has 4 aromatic rings. The molecule has 0 N–H and O–H groups in total. The maximum Gasteiger partial charge on any atom is 0.338 e. The summed E-state index contributed by atoms with van der Waals surface area (Å²) in [4.78, 5) is 14.8. The third kappa shape index (κ3) is 10.1. The number of carbonyl (C=O) groups excluding carboxylic acids is 1. The van der Waals surface area contributed by atoms with E-state index in [0.29, 0.717) is 18.8 Å². The summed E-state index contributed by atoms with van der Waals surface area (Å²) in [6.07, 6.45) is -2.56. The van der Waals surface area contributed by atoms with Gasteiger partial charge in [0.05, 0.1) is 32.5 Å². The molecule has 0 saturated carbocycles. The van der Waals surface area contributed by atoms with Crippen LogP contribution in [0, 0.1) is 6.92 Å². The molecule has 5 atom stereocenters. The Morgan fingerprint density at radius 1 is 0.780 bits per heavy atom. The van der Waals surface area contributed by atoms with Gasteiger partial charge in [-0.1, -0.05) is 111 Å². The zero-order chi connectivity index (χ0) is 35.7. The van der Waals surface area contributed by atoms with Gasteiger partial charge in [-0.15, -0.1) is 0 Å². The molecule has 1 fully saturated rings. The molecular formula is C41H50O7SSi. The van der Waals surface area contributed by atoms with Crippen molar-refractivity contribution in [3.63, 3.8) is 0 Å². The van der Waals surface area contributed by atoms with E-state index in [4.69, 9.17) is 28.1 Å². The second kappa shape index (κ2) is 17.2. The quantitative estimate of drug-likeness (QED) is 0.0946. The number of thioether (sulfide) groups is 1. The molecule has 0 spiro atoms. The zero-order valence-electron chi connectivity index (χ0n) is 30.2. The van der Waals surface area contributed by atoms with Crippen molar-refractivity contribution >= 4 is 26.0 Å². The van der Waals surface area contributed by atoms with Gasteiger partial charge in [0.1, 0.15) is 29.5 Å². The first-order chi connectivity index (χ1) is 23.9. The molecule has 0 amide bonds. The number of carbonyl (C=O) groups is 1. The molecule has 0 aromatic heterocycles. The van der Waals surface area contributed by atoms with Crippen LogP contribution < -0.4 is 4.74 Å². The van der Waals surface area contributed by atoms with Crippen LogP contribution >= 0.6 is 11.8 Å². The first-order valence-corrected chi connectivity index (χ1v) is 20.9. The highest BCUT2D eigenvalue weighted by molar-refractivity contribution is 7.99. The minimum absolute atomic E-state index is 0.102. The molecule has 1 saturated heterocycles. The van der Waals surface area contributed by atoms with Crippen LogP contribution in [-0.2, 0) is 36.6 Å². The smallest absolute Gasteiger partial charge is 0.338 e. The second-order valence-electron chi connectivity index (χ2n) is 14.2. The molecule has 0 bridgehead atoms. The standard InChI is InChI=1S/C41H50O7SSi/c1-29-18-24-34(25-19-29)49-40-38(47-39(42)32-16-12-9-13-17-32)37(45-27-30-14-10-8-11-15-30)36(48-50(6,7)41(2,3)4)35(46-40)28-44-26-31-20-22-33(43-5)23-21-31/h8-25,35-38,40H,26-28H2,1-7H3. The highest BCUT2D eigenvalue weighted by atomic mass is 32.2. The van der Waals surface area contributed by atoms with Crippen LogP contribution in [0.4, 0.5) is 0 Å². The van der Waals surface area contributed by atoms with Gasteiger partial charge in [0.15, 0.2) is 14.4 Å². The number of esters is 1. The SMILES string of the molecule is COc1ccc(COCC2OC(Sc3ccc(C)cc3)C(OC(=O)c3ccccc3)C(OCc3ccccc3)C2O[Si](C)(C)C(C)(C)C)cc1. The summed E-state index contributed by atoms with van der Waals surface area (Å²) >= 11 is 1.51. The highest BCUT2D eigenvalue weighted by Crippen LogP contribution is 2.43. The lowest BCUT2D eigenvalue weighted by molar-refractivity contribution is -0.223. The number of hydrogen-bond donors (Lipinski definition) is 0. The van der Waals surface area contributed by atoms with E-state index in [1.807, 2.05) is 72.8 Å². The molecule has 9 heteroatoms. The van der Waals surface area contributed by atoms with E-state index < -0.39 is 44.1 Å². The maximum absolute atomic E-state index is 13.8. The molecular weight excluding hydrogens is 665 g/mol. The molecule has 4 aromatic carbocycles. The van der Waals surface area contributed by atoms with Gasteiger partial charge in [-0.25, -0.2) is 4.79 Å². The fourth-order valence-electron chi connectivity index (χ4n) is 5.38. The minimum Gasteiger partial charge on any atom is -0.497 e. The van der Waals surface area contributed by atoms with E-state index in [1.165, 1.54) is 11.8 Å². The van der Waals surface area contributed by atoms with Gasteiger partial charge in [0.2, 0.25) is 0 Å². The van der Waals surface area contributed by atoms with Crippen molar-refractivity contribution in [3.8, 4) is 5.75 Å². The van der Waals surface area contributed by atoms with Gasteiger partial charge in [-0.2, -0.15) is 0 Å². The largest absolute Gasteiger partial charge is 0.497 e. The molecule has 1 aliphatic rings. The summed E-state index contributed by atoms with van der Waals surface area (Å²) in [5, 5.41) is -0.102. The highest BCUT2D eigenvalue weighted by Gasteiger charge is 2.53. The summed E-state index contributed by atoms with van der Waals surface area (Å²) in [5.41, 5.74) is 3.02. The van der Waals surface area contributed by atoms with Crippen molar-refractivity contribution in [1.82, 2.24) is 0 Å². The van der Waals surface area contributed by atoms with E-state index in [9.17, 15) is 4.79 Å². The summed E-state index contributed by atoms with van der Waals surface area (Å²) < 4.78 is 39.2. The third-order valence-corrected chi connectivity index (χ3v) is 15.0. The van der Waals surface area contributed by atoms with Crippen LogP contribution in [0.5, 0.6) is 5.75 Å². The van der Waals surface area contributed by atoms with E-state index in [1.54, 1.807) is 19.2 Å². The Balaban J connectivity index is 1.53. The predicted molar refractivity (Wildman–Crippen MR) is 201 cm³/mol. The van der Waals surface area contributed by atoms with Crippen LogP contribution in [0.3, 0.4) is 0 Å². The van der Waals surface area contributed by atoms with E-state index in [0.717, 1.165) is 27.3 Å². The zero-order valence-corrected chi connectivity index (χ0v) is 32.0. The van der Waals surface area contributed by atoms with Crippen molar-refractivity contribution in [2.24, 2.45) is 0 Å². The summed E-state index contributed by atoms with van der Waals surface area (Å²) in [5.74, 6) is 0.347. The van der Waals surface area contributed by atoms with Crippen molar-refractivity contribution < 1.29 is 32.9 Å². The summed E-state index contributed by atoms with van der Waals surface area (Å²) in [6.45, 7) is 14.1. The molecule has 1 aliphatic heterocycles. The molecule has 7 nitrogen and oxygen atoms in total. The summed E-state index contributed by atoms with van der Waals surface area (Å²) in [6, 6.07) is 35.2. The van der Waals surface area contributed by atoms with Gasteiger partial charge < -0.3 is 28.1 Å². The first kappa shape index (κ1) is 37.8. The number of benzene rings is 4. The third-order valence-electron chi connectivity index (χ3n) is 9.35. The lowest BCUT2D eigenvalue weighted by atomic mass is 9.99. The molecule has 5 unspecified atom stereocenters. The monoisotopic (exact) mass is 714 g/mol. The average molecular weight is 715 g/mol. The Morgan fingerprint density at radius 2 is 1.40 bits per heavy atom. The molecule has 266 valence electrons. The van der Waals surface area contributed by atoms with Crippen LogP contribution in [0.2, 0.25) is 18.1 Å². The molecule has 1 heterocycles. The Hall–Kier alpha value is -3.44. The number of hydrogen-bond acceptors (Lipinski definition) is 8. The number of aryl methyl sites for hydroxylation is 1. The van der Waals surface area contributed by atoms with Gasteiger partial charge >= 0.3 is 5.97 Å². The number of rotatable bonds is 14. The molecule has 5 rings (SSSR count). The maximum atomic E-state index is 13.8. The fraction of sp³-hybridized carbons (Fsp3) is 0.390. The number of ether oxygens (including phenoxy) is 5. The Kier molecular flexibility index (Phi) is 13.0. The van der Waals surface area contributed by atoms with E-state index >= 15 is 0 Å². The van der Waals surface area contributed by atoms with E-state index in [-0.39, 0.29) is 11.6 Å². The van der Waals surface area contributed by atoms with Crippen molar-refractivity contribution in [2.75, 3.05) is 13.7 Å². The van der Waals surface area contributed by atoms with E-state index in [2.05, 4.69) is 65.1 Å². The van der Waals surface area contributed by atoms with Gasteiger partial charge in [-0.3, -0.25) is 0 Å². The molecule has 50 heavy (non-hydrogen) atoms. The molecule has 0 aliphatic carbocycles. The lowest BCUT2D eigenvalue weighted by Gasteiger charge is -2.49. The number of methoxy groups -OCH3 is 1. The van der Waals surface area contributed by atoms with Crippen LogP contribution in [0.1, 0.15) is 47.8 Å². The van der Waals surface area contributed by atoms with Crippen molar-refractivity contribution in [2.45, 2.75) is 93.8 Å². The van der Waals surface area contributed by atoms with Crippen LogP contribution in [-0.4, -0.2) is 57.9 Å². The van der Waals surface area contributed by atoms with Gasteiger partial charge in [-0.05, 0) is 72.6 Å². The summed E-state index contributed by atoms with van der Waals surface area (Å²) in [7, 11) is -0.758. The van der Waals surface area contributed by atoms with Gasteiger partial charge in [0, 0.05) is 4.90 Å². The lowest BCUT2D eigenvalue weighted by Crippen LogP contribution is -2.63. The Labute approximate surface area is 302 Å². The average Bonchev–Trinajstić information content (AvgIpc) is 3.11. The Morgan fingerprint density at radius 3 is 2.02 bits per heavy atom.